The summed E-state index contributed by atoms with van der Waals surface area (Å²) in [5.74, 6) is -20.2. The number of nitrogens with zero attached hydrogens (tertiary/aromatic N) is 4. The molecule has 4 saturated heterocycles. The Hall–Kier alpha value is -5.12. The molecule has 0 amide bonds. The van der Waals surface area contributed by atoms with Crippen molar-refractivity contribution in [3.63, 3.8) is 0 Å². The van der Waals surface area contributed by atoms with Crippen LogP contribution in [0.1, 0.15) is 58.8 Å². The van der Waals surface area contributed by atoms with Crippen LogP contribution in [0.5, 0.6) is 0 Å². The minimum Gasteiger partial charge on any atom is -0.388 e. The molecule has 592 valence electrons. The number of nitrogens with one attached hydrogen (secondary N) is 4. The van der Waals surface area contributed by atoms with Gasteiger partial charge in [-0.25, -0.2) is 73.3 Å². The van der Waals surface area contributed by atoms with Gasteiger partial charge in [0.25, 0.3) is 22.2 Å². The van der Waals surface area contributed by atoms with Crippen LogP contribution in [0.2, 0.25) is 0 Å². The fourth-order valence-corrected chi connectivity index (χ4v) is 13.9. The number of hydrogen-bond acceptors (Lipinski definition) is 32. The first-order valence-electron chi connectivity index (χ1n) is 28.5. The van der Waals surface area contributed by atoms with Crippen molar-refractivity contribution in [2.45, 2.75) is 98.4 Å². The lowest BCUT2D eigenvalue weighted by Gasteiger charge is -2.22. The zero-order valence-corrected chi connectivity index (χ0v) is 56.1. The Morgan fingerprint density at radius 3 is 0.923 bits per heavy atom. The van der Waals surface area contributed by atoms with Crippen molar-refractivity contribution >= 4 is 62.6 Å². The van der Waals surface area contributed by atoms with E-state index in [0.29, 0.717) is 10.8 Å². The molecule has 4 aromatic rings. The van der Waals surface area contributed by atoms with Gasteiger partial charge >= 0.3 is 85.3 Å². The molecule has 104 heavy (non-hydrogen) atoms. The Labute approximate surface area is 569 Å². The van der Waals surface area contributed by atoms with Crippen LogP contribution in [0, 0.1) is 23.3 Å². The maximum atomic E-state index is 15.0. The topological polar surface area (TPSA) is 790 Å². The summed E-state index contributed by atoms with van der Waals surface area (Å²) in [7, 11) is -45.0. The van der Waals surface area contributed by atoms with Crippen molar-refractivity contribution in [1.29, 1.82) is 0 Å². The van der Waals surface area contributed by atoms with Crippen molar-refractivity contribution in [3.8, 4) is 0 Å². The number of phosphoric acid groups is 8. The summed E-state index contributed by atoms with van der Waals surface area (Å²) in [6.07, 6.45) is -22.8. The third-order valence-corrected chi connectivity index (χ3v) is 19.6. The van der Waals surface area contributed by atoms with E-state index in [-0.39, 0.29) is 32.3 Å². The lowest BCUT2D eigenvalue weighted by Crippen LogP contribution is -2.37. The average Bonchev–Trinajstić information content (AvgIpc) is 1.58. The van der Waals surface area contributed by atoms with Gasteiger partial charge in [-0.2, -0.15) is 34.8 Å². The highest BCUT2D eigenvalue weighted by molar-refractivity contribution is 7.62. The van der Waals surface area contributed by atoms with Gasteiger partial charge in [-0.1, -0.05) is 0 Å². The lowest BCUT2D eigenvalue weighted by molar-refractivity contribution is -0.179. The van der Waals surface area contributed by atoms with Crippen molar-refractivity contribution < 1.29 is 213 Å². The molecule has 4 unspecified atom stereocenters. The van der Waals surface area contributed by atoms with Crippen LogP contribution in [-0.2, 0) is 90.8 Å². The molecule has 4 aliphatic rings. The van der Waals surface area contributed by atoms with E-state index < -0.39 is 256 Å². The number of halogens is 8. The van der Waals surface area contributed by atoms with E-state index in [9.17, 15) is 136 Å². The summed E-state index contributed by atoms with van der Waals surface area (Å²) in [5, 5.41) is 39.5. The van der Waals surface area contributed by atoms with Crippen LogP contribution in [0.3, 0.4) is 0 Å². The maximum Gasteiger partial charge on any atom is 0.481 e. The van der Waals surface area contributed by atoms with E-state index in [1.807, 2.05) is 0 Å². The fourth-order valence-electron chi connectivity index (χ4n) is 7.69. The van der Waals surface area contributed by atoms with E-state index in [0.717, 1.165) is 0 Å². The lowest BCUT2D eigenvalue weighted by atomic mass is 10.2. The quantitative estimate of drug-likeness (QED) is 0.0232. The molecule has 0 bridgehead atoms. The number of aliphatic hydroxyl groups excluding tert-OH is 4. The molecule has 0 saturated carbocycles. The van der Waals surface area contributed by atoms with Crippen LogP contribution in [0.25, 0.3) is 0 Å². The molecule has 0 spiro atoms. The van der Waals surface area contributed by atoms with E-state index in [1.165, 1.54) is 15.0 Å². The highest BCUT2D eigenvalue weighted by atomic mass is 31.3. The molecule has 68 heteroatoms. The van der Waals surface area contributed by atoms with Crippen LogP contribution in [0.4, 0.5) is 35.1 Å². The Kier molecular flexibility index (Phi) is 25.3. The van der Waals surface area contributed by atoms with E-state index in [4.69, 9.17) is 61.9 Å². The number of aromatic amines is 4. The van der Waals surface area contributed by atoms with E-state index in [2.05, 4.69) is 49.5 Å². The summed E-state index contributed by atoms with van der Waals surface area (Å²) in [5.41, 5.74) is -11.4. The number of hydrogen-bond donors (Lipinski definition) is 20. The van der Waals surface area contributed by atoms with Crippen molar-refractivity contribution in [1.82, 2.24) is 38.2 Å². The van der Waals surface area contributed by atoms with Gasteiger partial charge in [-0.15, -0.1) is 0 Å². The van der Waals surface area contributed by atoms with Gasteiger partial charge in [0.05, 0.1) is 33.0 Å². The van der Waals surface area contributed by atoms with Gasteiger partial charge in [0, 0.05) is 25.7 Å². The van der Waals surface area contributed by atoms with Gasteiger partial charge in [-0.3, -0.25) is 75.5 Å². The number of alkyl halides is 4. The zero-order chi connectivity index (χ0) is 85.1. The molecule has 4 aromatic heterocycles. The predicted octanol–water partition coefficient (Wildman–Crippen LogP) is -4.61. The van der Waals surface area contributed by atoms with Gasteiger partial charge in [0.1, 0.15) is 50.7 Å². The normalized spacial score (nSPS) is 31.4. The Morgan fingerprint density at radius 1 is 0.394 bits per heavy atom. The van der Waals surface area contributed by atoms with E-state index >= 15 is 4.39 Å². The summed E-state index contributed by atoms with van der Waals surface area (Å²) in [6, 6.07) is 0. The number of phosphoric ester groups is 4. The fraction of sp³-hybridized carbons (Fsp3) is 0.556. The Bertz CT molecular complexity index is 5080. The number of ether oxygens (including phenoxy) is 4. The maximum absolute atomic E-state index is 15.0. The molecule has 0 aromatic carbocycles. The average molecular weight is 1700 g/mol. The summed E-state index contributed by atoms with van der Waals surface area (Å²) < 4.78 is 293. The van der Waals surface area contributed by atoms with Crippen LogP contribution in [0.15, 0.2) is 63.1 Å². The molecule has 8 rings (SSSR count). The van der Waals surface area contributed by atoms with Crippen LogP contribution >= 0.6 is 62.6 Å². The molecule has 52 nitrogen and oxygen atoms in total. The first-order chi connectivity index (χ1) is 49.1. The minimum atomic E-state index is -5.97. The highest BCUT2D eigenvalue weighted by Gasteiger charge is 2.54. The number of aliphatic hydroxyl groups is 4. The highest BCUT2D eigenvalue weighted by Crippen LogP contribution is 2.62. The molecular formula is C36H48F8N8O44P8. The molecule has 20 N–H and O–H groups in total. The van der Waals surface area contributed by atoms with Crippen molar-refractivity contribution in [2.75, 3.05) is 26.3 Å². The number of aromatic nitrogens is 8. The second-order valence-corrected chi connectivity index (χ2v) is 30.9. The smallest absolute Gasteiger partial charge is 0.388 e. The first kappa shape index (κ1) is 79.9. The van der Waals surface area contributed by atoms with Crippen molar-refractivity contribution in [3.05, 3.63) is 131 Å². The third-order valence-electron chi connectivity index (χ3n) is 11.4. The third kappa shape index (κ3) is 26.6. The molecular weight excluding hydrogens is 1650 g/mol. The minimum absolute atomic E-state index is 0.0282. The summed E-state index contributed by atoms with van der Waals surface area (Å²) in [4.78, 5) is 201. The van der Waals surface area contributed by atoms with Gasteiger partial charge in [0.15, 0.2) is 24.9 Å². The molecule has 4 aliphatic heterocycles. The van der Waals surface area contributed by atoms with Gasteiger partial charge in [0.2, 0.25) is 46.7 Å². The molecule has 0 radical (unpaired) electrons. The summed E-state index contributed by atoms with van der Waals surface area (Å²) in [6.45, 7) is -11.1. The van der Waals surface area contributed by atoms with Gasteiger partial charge in [-0.05, 0) is 0 Å². The standard InChI is InChI=1S/4C9H12F2N2O11P2/c4*10-4-2-13(8(16)12-6(4)15)7-5(14)1-9(11,23-7)3-22-26(20,21)24-25(17,18)19/h4*2,5,7,14H,1,3H2,(H,20,21)(H,12,15,16)(H2,17,18,19)/t4*5-,7-,9+/m1111/s1/i3D2,7D;7D;3D2;. The second kappa shape index (κ2) is 33.0. The van der Waals surface area contributed by atoms with E-state index in [1.54, 1.807) is 4.98 Å². The Balaban J connectivity index is 0.000000263. The first-order valence-corrected chi connectivity index (χ1v) is 37.6. The summed E-state index contributed by atoms with van der Waals surface area (Å²) >= 11 is 0. The number of rotatable bonds is 24. The predicted molar refractivity (Wildman–Crippen MR) is 299 cm³/mol. The SMILES string of the molecule is O=c1[nH]c(=O)n([C@@H]2O[C@](F)(COP(=O)(O)OP(=O)(O)O)C[C@H]2O)cc1F.[2H]C([2H])(OP(=O)(O)OP(=O)(O)O)[C@]1(F)C[C@@H](O)[C@H](n2cc(F)c(=O)[nH]c2=O)O1.[2H]C([2H])(OP(=O)(O)OP(=O)(O)O)[C@]1(F)C[C@@H](O)[C@]([2H])(n2cc(F)c(=O)[nH]c2=O)O1.[2H][C@@]1(n2cc(F)c(=O)[nH]c2=O)O[C@](F)(COP(=O)(O)OP(=O)(O)O)C[C@H]1O. The Morgan fingerprint density at radius 2 is 0.615 bits per heavy atom. The molecule has 16 atom stereocenters. The van der Waals surface area contributed by atoms with Crippen molar-refractivity contribution in [2.24, 2.45) is 0 Å². The zero-order valence-electron chi connectivity index (χ0n) is 55.0. The molecule has 4 fully saturated rings. The second-order valence-electron chi connectivity index (χ2n) is 19.7. The largest absolute Gasteiger partial charge is 0.481 e. The van der Waals surface area contributed by atoms with Gasteiger partial charge < -0.3 is 98.1 Å². The molecule has 0 aliphatic carbocycles. The van der Waals surface area contributed by atoms with Crippen LogP contribution in [-0.4, -0.2) is 192 Å². The van der Waals surface area contributed by atoms with Crippen LogP contribution < -0.4 is 45.0 Å². The molecule has 8 heterocycles. The monoisotopic (exact) mass is 1700 g/mol. The number of H-pyrrole nitrogens is 4.